The fraction of sp³-hybridized carbons (Fsp3) is 0.250. The van der Waals surface area contributed by atoms with Crippen molar-refractivity contribution in [3.63, 3.8) is 0 Å². The molecule has 1 atom stereocenters. The maximum atomic E-state index is 13.0. The molecular formula is C24H28N4O2. The molecule has 3 aromatic rings. The fourth-order valence-electron chi connectivity index (χ4n) is 3.31. The molecule has 0 saturated heterocycles. The maximum absolute atomic E-state index is 13.0. The molecule has 0 saturated carbocycles. The van der Waals surface area contributed by atoms with Crippen LogP contribution in [0.25, 0.3) is 10.8 Å². The van der Waals surface area contributed by atoms with Crippen molar-refractivity contribution >= 4 is 22.7 Å². The van der Waals surface area contributed by atoms with E-state index in [1.807, 2.05) is 55.5 Å². The number of carbonyl (C=O) groups excluding carboxylic acids is 2. The first-order chi connectivity index (χ1) is 14.6. The van der Waals surface area contributed by atoms with Crippen LogP contribution in [0.4, 0.5) is 4.79 Å². The molecule has 0 aliphatic carbocycles. The first-order valence-electron chi connectivity index (χ1n) is 10.2. The number of nitrogens with zero attached hydrogens (tertiary/aromatic N) is 1. The van der Waals surface area contributed by atoms with Crippen molar-refractivity contribution in [2.24, 2.45) is 0 Å². The van der Waals surface area contributed by atoms with Gasteiger partial charge >= 0.3 is 6.03 Å². The minimum Gasteiger partial charge on any atom is -0.337 e. The number of hydrogen-bond donors (Lipinski definition) is 3. The standard InChI is InChI=1S/C24H28N4O2/c1-3-26-24(30)28(17-18-9-5-4-6-10-18)27-23(29)22(25-2)16-19-13-14-20-11-7-8-12-21(20)15-19/h4-15,22,25H,3,16-17H2,1-2H3,(H,26,30)(H,27,29)/t22-/m1/s1. The summed E-state index contributed by atoms with van der Waals surface area (Å²) < 4.78 is 0. The highest BCUT2D eigenvalue weighted by Crippen LogP contribution is 2.17. The molecule has 0 radical (unpaired) electrons. The van der Waals surface area contributed by atoms with E-state index in [1.165, 1.54) is 5.01 Å². The van der Waals surface area contributed by atoms with Gasteiger partial charge in [-0.2, -0.15) is 0 Å². The molecule has 0 aromatic heterocycles. The van der Waals surface area contributed by atoms with Crippen LogP contribution >= 0.6 is 0 Å². The zero-order chi connectivity index (χ0) is 21.3. The number of benzene rings is 3. The van der Waals surface area contributed by atoms with E-state index < -0.39 is 6.04 Å². The monoisotopic (exact) mass is 404 g/mol. The zero-order valence-corrected chi connectivity index (χ0v) is 17.4. The van der Waals surface area contributed by atoms with E-state index in [-0.39, 0.29) is 18.5 Å². The quantitative estimate of drug-likeness (QED) is 0.530. The third-order valence-corrected chi connectivity index (χ3v) is 4.92. The number of hydrazine groups is 1. The minimum atomic E-state index is -0.473. The molecule has 156 valence electrons. The van der Waals surface area contributed by atoms with Crippen molar-refractivity contribution in [2.75, 3.05) is 13.6 Å². The highest BCUT2D eigenvalue weighted by Gasteiger charge is 2.22. The maximum Gasteiger partial charge on any atom is 0.336 e. The Labute approximate surface area is 177 Å². The van der Waals surface area contributed by atoms with Crippen molar-refractivity contribution in [3.8, 4) is 0 Å². The summed E-state index contributed by atoms with van der Waals surface area (Å²) in [6.45, 7) is 2.61. The van der Waals surface area contributed by atoms with Gasteiger partial charge in [-0.3, -0.25) is 10.2 Å². The lowest BCUT2D eigenvalue weighted by molar-refractivity contribution is -0.127. The number of hydrogen-bond acceptors (Lipinski definition) is 3. The molecule has 0 unspecified atom stereocenters. The third-order valence-electron chi connectivity index (χ3n) is 4.92. The van der Waals surface area contributed by atoms with Gasteiger partial charge in [0, 0.05) is 6.54 Å². The van der Waals surface area contributed by atoms with Gasteiger partial charge in [-0.1, -0.05) is 72.8 Å². The van der Waals surface area contributed by atoms with Crippen LogP contribution in [0.3, 0.4) is 0 Å². The Hall–Kier alpha value is -3.38. The molecule has 30 heavy (non-hydrogen) atoms. The SMILES string of the molecule is CCNC(=O)N(Cc1ccccc1)NC(=O)[C@@H](Cc1ccc2ccccc2c1)NC. The highest BCUT2D eigenvalue weighted by atomic mass is 16.2. The Morgan fingerprint density at radius 1 is 0.900 bits per heavy atom. The van der Waals surface area contributed by atoms with E-state index >= 15 is 0 Å². The normalized spacial score (nSPS) is 11.7. The molecule has 6 nitrogen and oxygen atoms in total. The molecule has 0 heterocycles. The summed E-state index contributed by atoms with van der Waals surface area (Å²) in [7, 11) is 1.75. The van der Waals surface area contributed by atoms with Gasteiger partial charge < -0.3 is 10.6 Å². The molecule has 0 spiro atoms. The molecule has 0 fully saturated rings. The first-order valence-corrected chi connectivity index (χ1v) is 10.2. The number of fused-ring (bicyclic) bond motifs is 1. The van der Waals surface area contributed by atoms with Crippen LogP contribution in [0.2, 0.25) is 0 Å². The lowest BCUT2D eigenvalue weighted by Crippen LogP contribution is -2.55. The molecule has 0 bridgehead atoms. The number of rotatable bonds is 7. The molecule has 3 amide bonds. The van der Waals surface area contributed by atoms with E-state index in [9.17, 15) is 9.59 Å². The summed E-state index contributed by atoms with van der Waals surface area (Å²) in [4.78, 5) is 25.4. The van der Waals surface area contributed by atoms with Crippen LogP contribution < -0.4 is 16.1 Å². The van der Waals surface area contributed by atoms with E-state index in [4.69, 9.17) is 0 Å². The van der Waals surface area contributed by atoms with Gasteiger partial charge in [-0.25, -0.2) is 9.80 Å². The second kappa shape index (κ2) is 10.4. The van der Waals surface area contributed by atoms with Crippen molar-refractivity contribution in [2.45, 2.75) is 25.9 Å². The summed E-state index contributed by atoms with van der Waals surface area (Å²) in [6.07, 6.45) is 0.516. The Morgan fingerprint density at radius 3 is 2.30 bits per heavy atom. The average molecular weight is 405 g/mol. The van der Waals surface area contributed by atoms with E-state index in [0.29, 0.717) is 13.0 Å². The molecular weight excluding hydrogens is 376 g/mol. The van der Waals surface area contributed by atoms with Gasteiger partial charge in [-0.15, -0.1) is 0 Å². The molecule has 0 aliphatic rings. The third kappa shape index (κ3) is 5.58. The van der Waals surface area contributed by atoms with Gasteiger partial charge in [0.25, 0.3) is 5.91 Å². The van der Waals surface area contributed by atoms with Crippen molar-refractivity contribution in [1.29, 1.82) is 0 Å². The number of amides is 3. The minimum absolute atomic E-state index is 0.257. The predicted octanol–water partition coefficient (Wildman–Crippen LogP) is 3.23. The van der Waals surface area contributed by atoms with Gasteiger partial charge in [0.1, 0.15) is 0 Å². The smallest absolute Gasteiger partial charge is 0.336 e. The van der Waals surface area contributed by atoms with Crippen molar-refractivity contribution in [3.05, 3.63) is 83.9 Å². The summed E-state index contributed by atoms with van der Waals surface area (Å²) in [6, 6.07) is 23.1. The molecule has 0 aliphatic heterocycles. The van der Waals surface area contributed by atoms with Crippen molar-refractivity contribution in [1.82, 2.24) is 21.1 Å². The Balaban J connectivity index is 1.71. The lowest BCUT2D eigenvalue weighted by Gasteiger charge is -2.26. The van der Waals surface area contributed by atoms with E-state index in [0.717, 1.165) is 21.9 Å². The predicted molar refractivity (Wildman–Crippen MR) is 120 cm³/mol. The lowest BCUT2D eigenvalue weighted by atomic mass is 10.0. The highest BCUT2D eigenvalue weighted by molar-refractivity contribution is 5.86. The molecule has 3 N–H and O–H groups in total. The van der Waals surface area contributed by atoms with Gasteiger partial charge in [0.15, 0.2) is 0 Å². The van der Waals surface area contributed by atoms with Crippen LogP contribution in [0.5, 0.6) is 0 Å². The van der Waals surface area contributed by atoms with Gasteiger partial charge in [0.05, 0.1) is 12.6 Å². The second-order valence-corrected chi connectivity index (χ2v) is 7.11. The van der Waals surface area contributed by atoms with Crippen LogP contribution in [-0.2, 0) is 17.8 Å². The first kappa shape index (κ1) is 21.3. The molecule has 3 rings (SSSR count). The van der Waals surface area contributed by atoms with Crippen molar-refractivity contribution < 1.29 is 9.59 Å². The van der Waals surface area contributed by atoms with E-state index in [2.05, 4.69) is 40.3 Å². The fourth-order valence-corrected chi connectivity index (χ4v) is 3.31. The summed E-state index contributed by atoms with van der Waals surface area (Å²) >= 11 is 0. The van der Waals surface area contributed by atoms with Gasteiger partial charge in [-0.05, 0) is 42.3 Å². The molecule has 6 heteroatoms. The molecule has 3 aromatic carbocycles. The Bertz CT molecular complexity index is 991. The number of carbonyl (C=O) groups is 2. The largest absolute Gasteiger partial charge is 0.337 e. The summed E-state index contributed by atoms with van der Waals surface area (Å²) in [5.74, 6) is -0.257. The van der Waals surface area contributed by atoms with Crippen LogP contribution in [0.15, 0.2) is 72.8 Å². The zero-order valence-electron chi connectivity index (χ0n) is 17.4. The van der Waals surface area contributed by atoms with Crippen LogP contribution in [0.1, 0.15) is 18.1 Å². The Kier molecular flexibility index (Phi) is 7.40. The number of likely N-dealkylation sites (N-methyl/N-ethyl adjacent to an activating group) is 1. The van der Waals surface area contributed by atoms with Crippen LogP contribution in [0, 0.1) is 0 Å². The summed E-state index contributed by atoms with van der Waals surface area (Å²) in [5.41, 5.74) is 4.76. The topological polar surface area (TPSA) is 73.5 Å². The van der Waals surface area contributed by atoms with Crippen LogP contribution in [-0.4, -0.2) is 36.6 Å². The second-order valence-electron chi connectivity index (χ2n) is 7.11. The van der Waals surface area contributed by atoms with E-state index in [1.54, 1.807) is 7.05 Å². The number of urea groups is 1. The number of nitrogens with one attached hydrogen (secondary N) is 3. The Morgan fingerprint density at radius 2 is 1.60 bits per heavy atom. The van der Waals surface area contributed by atoms with Gasteiger partial charge in [0.2, 0.25) is 0 Å². The average Bonchev–Trinajstić information content (AvgIpc) is 2.77. The summed E-state index contributed by atoms with van der Waals surface area (Å²) in [5, 5.41) is 9.44.